The van der Waals surface area contributed by atoms with Gasteiger partial charge in [0.15, 0.2) is 17.5 Å². The number of aliphatic imine (C=N–C) groups is 1. The first-order valence-electron chi connectivity index (χ1n) is 8.81. The SMILES string of the molecule is C#CCOc1cc(CNC(=NC)NC(C)Cc2ccc(C)s2)ccc1OC.I. The molecule has 1 aromatic carbocycles. The van der Waals surface area contributed by atoms with Gasteiger partial charge in [0.05, 0.1) is 7.11 Å². The molecule has 7 heteroatoms. The highest BCUT2D eigenvalue weighted by atomic mass is 127. The number of hydrogen-bond acceptors (Lipinski definition) is 4. The molecule has 0 aliphatic rings. The highest BCUT2D eigenvalue weighted by molar-refractivity contribution is 14.0. The van der Waals surface area contributed by atoms with E-state index in [2.05, 4.69) is 47.5 Å². The van der Waals surface area contributed by atoms with Crippen LogP contribution in [0.5, 0.6) is 11.5 Å². The van der Waals surface area contributed by atoms with Crippen molar-refractivity contribution in [2.75, 3.05) is 20.8 Å². The van der Waals surface area contributed by atoms with Gasteiger partial charge in [-0.1, -0.05) is 12.0 Å². The van der Waals surface area contributed by atoms with E-state index >= 15 is 0 Å². The highest BCUT2D eigenvalue weighted by Gasteiger charge is 2.09. The summed E-state index contributed by atoms with van der Waals surface area (Å²) >= 11 is 1.83. The lowest BCUT2D eigenvalue weighted by molar-refractivity contribution is 0.330. The highest BCUT2D eigenvalue weighted by Crippen LogP contribution is 2.28. The van der Waals surface area contributed by atoms with E-state index in [1.165, 1.54) is 9.75 Å². The number of terminal acetylenes is 1. The smallest absolute Gasteiger partial charge is 0.191 e. The summed E-state index contributed by atoms with van der Waals surface area (Å²) in [4.78, 5) is 7.02. The largest absolute Gasteiger partial charge is 0.493 e. The van der Waals surface area contributed by atoms with Crippen LogP contribution < -0.4 is 20.1 Å². The fourth-order valence-corrected chi connectivity index (χ4v) is 3.64. The molecule has 0 amide bonds. The molecule has 0 bridgehead atoms. The molecule has 1 atom stereocenters. The summed E-state index contributed by atoms with van der Waals surface area (Å²) < 4.78 is 10.9. The molecule has 0 saturated heterocycles. The van der Waals surface area contributed by atoms with Gasteiger partial charge < -0.3 is 20.1 Å². The first-order valence-corrected chi connectivity index (χ1v) is 9.63. The van der Waals surface area contributed by atoms with Crippen molar-refractivity contribution in [1.29, 1.82) is 0 Å². The van der Waals surface area contributed by atoms with Crippen LogP contribution in [0.1, 0.15) is 22.2 Å². The zero-order valence-corrected chi connectivity index (χ0v) is 19.9. The van der Waals surface area contributed by atoms with Crippen molar-refractivity contribution in [2.45, 2.75) is 32.9 Å². The summed E-state index contributed by atoms with van der Waals surface area (Å²) in [6, 6.07) is 10.4. The van der Waals surface area contributed by atoms with Gasteiger partial charge in [-0.2, -0.15) is 0 Å². The number of rotatable bonds is 8. The van der Waals surface area contributed by atoms with Crippen LogP contribution in [-0.2, 0) is 13.0 Å². The second kappa shape index (κ2) is 12.5. The van der Waals surface area contributed by atoms with Gasteiger partial charge >= 0.3 is 0 Å². The predicted molar refractivity (Wildman–Crippen MR) is 128 cm³/mol. The van der Waals surface area contributed by atoms with Crippen molar-refractivity contribution < 1.29 is 9.47 Å². The lowest BCUT2D eigenvalue weighted by Crippen LogP contribution is -2.42. The molecule has 0 spiro atoms. The van der Waals surface area contributed by atoms with Gasteiger partial charge in [-0.05, 0) is 43.7 Å². The van der Waals surface area contributed by atoms with Gasteiger partial charge in [0, 0.05) is 35.8 Å². The number of nitrogens with one attached hydrogen (secondary N) is 2. The summed E-state index contributed by atoms with van der Waals surface area (Å²) in [6.45, 7) is 5.10. The number of guanidine groups is 1. The molecule has 0 radical (unpaired) electrons. The predicted octanol–water partition coefficient (Wildman–Crippen LogP) is 3.99. The maximum atomic E-state index is 5.55. The van der Waals surface area contributed by atoms with Crippen molar-refractivity contribution in [3.05, 3.63) is 45.6 Å². The number of thiophene rings is 1. The van der Waals surface area contributed by atoms with E-state index in [1.807, 2.05) is 29.5 Å². The Labute approximate surface area is 189 Å². The Kier molecular flexibility index (Phi) is 10.8. The van der Waals surface area contributed by atoms with Crippen LogP contribution >= 0.6 is 35.3 Å². The zero-order chi connectivity index (χ0) is 19.6. The summed E-state index contributed by atoms with van der Waals surface area (Å²) in [7, 11) is 3.38. The van der Waals surface area contributed by atoms with E-state index in [-0.39, 0.29) is 36.6 Å². The molecular formula is C21H28IN3O2S. The Balaban J connectivity index is 0.00000392. The monoisotopic (exact) mass is 513 g/mol. The van der Waals surface area contributed by atoms with Gasteiger partial charge in [-0.3, -0.25) is 4.99 Å². The maximum absolute atomic E-state index is 5.55. The average molecular weight is 513 g/mol. The van der Waals surface area contributed by atoms with Crippen molar-refractivity contribution in [3.8, 4) is 23.8 Å². The molecule has 1 unspecified atom stereocenters. The lowest BCUT2D eigenvalue weighted by Gasteiger charge is -2.18. The van der Waals surface area contributed by atoms with E-state index in [9.17, 15) is 0 Å². The fraction of sp³-hybridized carbons (Fsp3) is 0.381. The molecule has 2 rings (SSSR count). The summed E-state index contributed by atoms with van der Waals surface area (Å²) in [5.74, 6) is 4.53. The molecule has 1 heterocycles. The van der Waals surface area contributed by atoms with Crippen LogP contribution in [0, 0.1) is 19.3 Å². The molecular weight excluding hydrogens is 485 g/mol. The van der Waals surface area contributed by atoms with E-state index in [0.29, 0.717) is 18.0 Å². The van der Waals surface area contributed by atoms with Gasteiger partial charge in [0.1, 0.15) is 6.61 Å². The topological polar surface area (TPSA) is 54.9 Å². The van der Waals surface area contributed by atoms with Crippen LogP contribution in [0.15, 0.2) is 35.3 Å². The Bertz CT molecular complexity index is 814. The molecule has 152 valence electrons. The van der Waals surface area contributed by atoms with Crippen molar-refractivity contribution in [1.82, 2.24) is 10.6 Å². The molecule has 0 fully saturated rings. The second-order valence-corrected chi connectivity index (χ2v) is 7.54. The van der Waals surface area contributed by atoms with Crippen LogP contribution in [-0.4, -0.2) is 32.8 Å². The molecule has 5 nitrogen and oxygen atoms in total. The van der Waals surface area contributed by atoms with Crippen LogP contribution in [0.2, 0.25) is 0 Å². The Hall–Kier alpha value is -1.92. The lowest BCUT2D eigenvalue weighted by atomic mass is 10.2. The van der Waals surface area contributed by atoms with Crippen molar-refractivity contribution in [3.63, 3.8) is 0 Å². The van der Waals surface area contributed by atoms with Crippen LogP contribution in [0.3, 0.4) is 0 Å². The van der Waals surface area contributed by atoms with Crippen molar-refractivity contribution in [2.24, 2.45) is 4.99 Å². The molecule has 0 aliphatic heterocycles. The number of ether oxygens (including phenoxy) is 2. The molecule has 1 aromatic heterocycles. The third-order valence-electron chi connectivity index (χ3n) is 3.91. The molecule has 2 N–H and O–H groups in total. The number of halogens is 1. The molecule has 2 aromatic rings. The van der Waals surface area contributed by atoms with Gasteiger partial charge in [-0.15, -0.1) is 41.7 Å². The molecule has 0 aliphatic carbocycles. The summed E-state index contributed by atoms with van der Waals surface area (Å²) in [5.41, 5.74) is 1.05. The number of aryl methyl sites for hydroxylation is 1. The standard InChI is InChI=1S/C21H27N3O2S.HI/c1-6-11-26-20-13-17(8-10-19(20)25-5)14-23-21(22-4)24-15(2)12-18-9-7-16(3)27-18;/h1,7-10,13,15H,11-12,14H2,2-5H3,(H2,22,23,24);1H. The van der Waals surface area contributed by atoms with Crippen LogP contribution in [0.25, 0.3) is 0 Å². The van der Waals surface area contributed by atoms with Gasteiger partial charge in [0.2, 0.25) is 0 Å². The third-order valence-corrected chi connectivity index (χ3v) is 4.93. The minimum atomic E-state index is 0. The number of hydrogen-bond donors (Lipinski definition) is 2. The first-order chi connectivity index (χ1) is 13.0. The van der Waals surface area contributed by atoms with Crippen molar-refractivity contribution >= 4 is 41.3 Å². The first kappa shape index (κ1) is 24.1. The number of nitrogens with zero attached hydrogens (tertiary/aromatic N) is 1. The minimum absolute atomic E-state index is 0. The Morgan fingerprint density at radius 1 is 1.29 bits per heavy atom. The van der Waals surface area contributed by atoms with E-state index in [1.54, 1.807) is 14.2 Å². The van der Waals surface area contributed by atoms with Gasteiger partial charge in [-0.25, -0.2) is 0 Å². The normalized spacial score (nSPS) is 11.8. The fourth-order valence-electron chi connectivity index (χ4n) is 2.62. The number of methoxy groups -OCH3 is 1. The Morgan fingerprint density at radius 2 is 2.07 bits per heavy atom. The van der Waals surface area contributed by atoms with Crippen LogP contribution in [0.4, 0.5) is 0 Å². The number of benzene rings is 1. The third kappa shape index (κ3) is 7.60. The van der Waals surface area contributed by atoms with Gasteiger partial charge in [0.25, 0.3) is 0 Å². The molecule has 0 saturated carbocycles. The summed E-state index contributed by atoms with van der Waals surface area (Å²) in [5, 5.41) is 6.76. The average Bonchev–Trinajstić information content (AvgIpc) is 3.07. The summed E-state index contributed by atoms with van der Waals surface area (Å²) in [6.07, 6.45) is 6.24. The Morgan fingerprint density at radius 3 is 2.68 bits per heavy atom. The minimum Gasteiger partial charge on any atom is -0.493 e. The molecule has 28 heavy (non-hydrogen) atoms. The van der Waals surface area contributed by atoms with E-state index in [0.717, 1.165) is 17.9 Å². The van der Waals surface area contributed by atoms with E-state index in [4.69, 9.17) is 15.9 Å². The van der Waals surface area contributed by atoms with E-state index < -0.39 is 0 Å². The maximum Gasteiger partial charge on any atom is 0.191 e. The quantitative estimate of drug-likeness (QED) is 0.243. The second-order valence-electron chi connectivity index (χ2n) is 6.17. The zero-order valence-electron chi connectivity index (χ0n) is 16.7.